The average Bonchev–Trinajstić information content (AvgIpc) is 2.85. The van der Waals surface area contributed by atoms with E-state index in [1.165, 1.54) is 24.3 Å². The number of piperazine rings is 1. The molecule has 4 rings (SSSR count). The topological polar surface area (TPSA) is 43.8 Å². The number of carbonyl (C=O) groups is 1. The van der Waals surface area contributed by atoms with Crippen molar-refractivity contribution >= 4 is 5.97 Å². The van der Waals surface area contributed by atoms with E-state index in [9.17, 15) is 27.5 Å². The molecule has 3 aromatic carbocycles. The zero-order valence-electron chi connectivity index (χ0n) is 20.1. The highest BCUT2D eigenvalue weighted by atomic mass is 19.4. The molecular weight excluding hydrogens is 472 g/mol. The molecule has 0 bridgehead atoms. The van der Waals surface area contributed by atoms with Gasteiger partial charge < -0.3 is 10.0 Å². The summed E-state index contributed by atoms with van der Waals surface area (Å²) in [4.78, 5) is 16.2. The minimum absolute atomic E-state index is 0.286. The van der Waals surface area contributed by atoms with E-state index in [0.29, 0.717) is 16.7 Å². The van der Waals surface area contributed by atoms with Crippen LogP contribution in [0.1, 0.15) is 41.1 Å². The number of nitrogens with zero attached hydrogens (tertiary/aromatic N) is 2. The van der Waals surface area contributed by atoms with E-state index in [-0.39, 0.29) is 11.9 Å². The molecule has 36 heavy (non-hydrogen) atoms. The van der Waals surface area contributed by atoms with Crippen LogP contribution in [0.25, 0.3) is 11.1 Å². The number of hydrogen-bond donors (Lipinski definition) is 1. The van der Waals surface area contributed by atoms with E-state index < -0.39 is 23.6 Å². The van der Waals surface area contributed by atoms with Crippen molar-refractivity contribution in [3.63, 3.8) is 0 Å². The van der Waals surface area contributed by atoms with Crippen molar-refractivity contribution < 1.29 is 27.5 Å². The maximum absolute atomic E-state index is 13.8. The van der Waals surface area contributed by atoms with Crippen LogP contribution >= 0.6 is 0 Å². The summed E-state index contributed by atoms with van der Waals surface area (Å²) in [5.41, 5.74) is 2.69. The highest BCUT2D eigenvalue weighted by Gasteiger charge is 2.31. The second-order valence-corrected chi connectivity index (χ2v) is 9.28. The summed E-state index contributed by atoms with van der Waals surface area (Å²) in [5.74, 6) is -2.14. The molecular formula is C28H28F4N2O2. The van der Waals surface area contributed by atoms with Gasteiger partial charge in [-0.3, -0.25) is 9.69 Å². The van der Waals surface area contributed by atoms with Crippen LogP contribution in [0.2, 0.25) is 0 Å². The third-order valence-electron chi connectivity index (χ3n) is 6.85. The second kappa shape index (κ2) is 10.4. The molecule has 1 fully saturated rings. The molecule has 190 valence electrons. The summed E-state index contributed by atoms with van der Waals surface area (Å²) in [7, 11) is 2.04. The fourth-order valence-corrected chi connectivity index (χ4v) is 4.63. The Morgan fingerprint density at radius 2 is 1.47 bits per heavy atom. The second-order valence-electron chi connectivity index (χ2n) is 9.28. The summed E-state index contributed by atoms with van der Waals surface area (Å²) in [6.45, 7) is 4.74. The number of hydrogen-bond acceptors (Lipinski definition) is 3. The van der Waals surface area contributed by atoms with E-state index in [2.05, 4.69) is 9.80 Å². The summed E-state index contributed by atoms with van der Waals surface area (Å²) >= 11 is 0. The summed E-state index contributed by atoms with van der Waals surface area (Å²) < 4.78 is 53.4. The number of carboxylic acids is 1. The molecule has 8 heteroatoms. The molecule has 3 aromatic rings. The number of alkyl halides is 3. The maximum Gasteiger partial charge on any atom is 0.416 e. The van der Waals surface area contributed by atoms with Gasteiger partial charge in [0.1, 0.15) is 5.82 Å². The molecule has 0 amide bonds. The van der Waals surface area contributed by atoms with Crippen molar-refractivity contribution in [2.24, 2.45) is 0 Å². The van der Waals surface area contributed by atoms with Crippen LogP contribution in [0.5, 0.6) is 0 Å². The molecule has 1 N–H and O–H groups in total. The van der Waals surface area contributed by atoms with Gasteiger partial charge in [0.2, 0.25) is 0 Å². The Morgan fingerprint density at radius 1 is 0.889 bits per heavy atom. The summed E-state index contributed by atoms with van der Waals surface area (Å²) in [6.07, 6.45) is -4.46. The highest BCUT2D eigenvalue weighted by Crippen LogP contribution is 2.39. The standard InChI is InChI=1S/C28H28F4N2O2/c1-18(27(35)36)21-7-12-24(25(17-21)19-3-8-22(9-4-19)28(30,31)32)26(20-5-10-23(29)11-6-20)34-15-13-33(2)14-16-34/h3-12,17-18,26H,13-16H2,1-2H3,(H,35,36). The van der Waals surface area contributed by atoms with Gasteiger partial charge in [0.05, 0.1) is 17.5 Å². The zero-order valence-corrected chi connectivity index (χ0v) is 20.1. The number of benzene rings is 3. The van der Waals surface area contributed by atoms with Crippen molar-refractivity contribution in [1.82, 2.24) is 9.80 Å². The number of aliphatic carboxylic acids is 1. The lowest BCUT2D eigenvalue weighted by molar-refractivity contribution is -0.138. The number of halogens is 4. The maximum atomic E-state index is 13.8. The monoisotopic (exact) mass is 500 g/mol. The lowest BCUT2D eigenvalue weighted by Crippen LogP contribution is -2.46. The molecule has 2 unspecified atom stereocenters. The Labute approximate surface area is 207 Å². The quantitative estimate of drug-likeness (QED) is 0.420. The van der Waals surface area contributed by atoms with Crippen LogP contribution in [-0.4, -0.2) is 54.1 Å². The first-order valence-corrected chi connectivity index (χ1v) is 11.8. The smallest absolute Gasteiger partial charge is 0.416 e. The fourth-order valence-electron chi connectivity index (χ4n) is 4.63. The number of likely N-dealkylation sites (N-methyl/N-ethyl adjacent to an activating group) is 1. The van der Waals surface area contributed by atoms with E-state index in [0.717, 1.165) is 49.4 Å². The van der Waals surface area contributed by atoms with Gasteiger partial charge in [-0.1, -0.05) is 36.4 Å². The van der Waals surface area contributed by atoms with E-state index >= 15 is 0 Å². The van der Waals surface area contributed by atoms with Crippen LogP contribution < -0.4 is 0 Å². The van der Waals surface area contributed by atoms with Gasteiger partial charge in [0.15, 0.2) is 0 Å². The van der Waals surface area contributed by atoms with Crippen molar-refractivity contribution in [3.05, 3.63) is 94.8 Å². The summed E-state index contributed by atoms with van der Waals surface area (Å²) in [5, 5.41) is 9.56. The van der Waals surface area contributed by atoms with Gasteiger partial charge in [-0.25, -0.2) is 4.39 Å². The first-order valence-electron chi connectivity index (χ1n) is 11.8. The third-order valence-corrected chi connectivity index (χ3v) is 6.85. The van der Waals surface area contributed by atoms with Gasteiger partial charge in [-0.15, -0.1) is 0 Å². The minimum Gasteiger partial charge on any atom is -0.481 e. The predicted molar refractivity (Wildman–Crippen MR) is 130 cm³/mol. The molecule has 4 nitrogen and oxygen atoms in total. The molecule has 1 aliphatic rings. The molecule has 2 atom stereocenters. The normalized spacial score (nSPS) is 17.1. The Balaban J connectivity index is 1.88. The fraction of sp³-hybridized carbons (Fsp3) is 0.321. The van der Waals surface area contributed by atoms with Crippen molar-refractivity contribution in [1.29, 1.82) is 0 Å². The highest BCUT2D eigenvalue weighted by molar-refractivity contribution is 5.78. The number of rotatable bonds is 6. The molecule has 0 radical (unpaired) electrons. The average molecular weight is 501 g/mol. The zero-order chi connectivity index (χ0) is 26.0. The summed E-state index contributed by atoms with van der Waals surface area (Å²) in [6, 6.07) is 16.2. The van der Waals surface area contributed by atoms with Gasteiger partial charge in [-0.05, 0) is 72.1 Å². The van der Waals surface area contributed by atoms with Crippen LogP contribution in [0.4, 0.5) is 17.6 Å². The Hall–Kier alpha value is -3.23. The number of carboxylic acid groups (broad SMARTS) is 1. The van der Waals surface area contributed by atoms with Gasteiger partial charge in [-0.2, -0.15) is 13.2 Å². The predicted octanol–water partition coefficient (Wildman–Crippen LogP) is 6.04. The van der Waals surface area contributed by atoms with Gasteiger partial charge in [0, 0.05) is 26.2 Å². The van der Waals surface area contributed by atoms with Gasteiger partial charge >= 0.3 is 12.1 Å². The molecule has 0 aliphatic carbocycles. The van der Waals surface area contributed by atoms with Crippen molar-refractivity contribution in [2.45, 2.75) is 25.1 Å². The first-order chi connectivity index (χ1) is 17.0. The van der Waals surface area contributed by atoms with E-state index in [1.54, 1.807) is 31.2 Å². The lowest BCUT2D eigenvalue weighted by atomic mass is 9.86. The van der Waals surface area contributed by atoms with Crippen LogP contribution in [-0.2, 0) is 11.0 Å². The van der Waals surface area contributed by atoms with Crippen LogP contribution in [0, 0.1) is 5.82 Å². The van der Waals surface area contributed by atoms with E-state index in [4.69, 9.17) is 0 Å². The van der Waals surface area contributed by atoms with Crippen LogP contribution in [0.15, 0.2) is 66.7 Å². The minimum atomic E-state index is -4.46. The Bertz CT molecular complexity index is 1200. The molecule has 1 aliphatic heterocycles. The third kappa shape index (κ3) is 5.60. The SMILES string of the molecule is CC(C(=O)O)c1ccc(C(c2ccc(F)cc2)N2CCN(C)CC2)c(-c2ccc(C(F)(F)F)cc2)c1. The van der Waals surface area contributed by atoms with Gasteiger partial charge in [0.25, 0.3) is 0 Å². The molecule has 1 heterocycles. The van der Waals surface area contributed by atoms with Crippen molar-refractivity contribution in [3.8, 4) is 11.1 Å². The van der Waals surface area contributed by atoms with E-state index in [1.807, 2.05) is 13.1 Å². The molecule has 0 saturated carbocycles. The Kier molecular flexibility index (Phi) is 7.47. The lowest BCUT2D eigenvalue weighted by Gasteiger charge is -2.39. The largest absolute Gasteiger partial charge is 0.481 e. The van der Waals surface area contributed by atoms with Crippen LogP contribution in [0.3, 0.4) is 0 Å². The molecule has 0 aromatic heterocycles. The molecule has 0 spiro atoms. The Morgan fingerprint density at radius 3 is 2.03 bits per heavy atom. The van der Waals surface area contributed by atoms with Crippen molar-refractivity contribution in [2.75, 3.05) is 33.2 Å². The molecule has 1 saturated heterocycles. The first kappa shape index (κ1) is 25.9.